The lowest BCUT2D eigenvalue weighted by Gasteiger charge is -2.33. The second-order valence-corrected chi connectivity index (χ2v) is 8.48. The SMILES string of the molecule is O=C(NC1CCCCC1)[C@@H](c1ccccc1)N(Cc1ccccc1)C(=O)c1csnn1. The van der Waals surface area contributed by atoms with Crippen molar-refractivity contribution in [2.24, 2.45) is 0 Å². The minimum atomic E-state index is -0.752. The molecule has 0 radical (unpaired) electrons. The zero-order valence-electron chi connectivity index (χ0n) is 17.3. The number of nitrogens with zero attached hydrogens (tertiary/aromatic N) is 3. The number of aromatic nitrogens is 2. The van der Waals surface area contributed by atoms with Gasteiger partial charge >= 0.3 is 0 Å². The van der Waals surface area contributed by atoms with Crippen LogP contribution in [0.5, 0.6) is 0 Å². The summed E-state index contributed by atoms with van der Waals surface area (Å²) in [7, 11) is 0. The maximum Gasteiger partial charge on any atom is 0.276 e. The van der Waals surface area contributed by atoms with Crippen LogP contribution in [-0.4, -0.2) is 32.3 Å². The van der Waals surface area contributed by atoms with Crippen molar-refractivity contribution in [2.45, 2.75) is 50.7 Å². The van der Waals surface area contributed by atoms with Crippen molar-refractivity contribution >= 4 is 23.3 Å². The Morgan fingerprint density at radius 3 is 2.32 bits per heavy atom. The molecular weight excluding hydrogens is 408 g/mol. The van der Waals surface area contributed by atoms with Gasteiger partial charge in [-0.25, -0.2) is 0 Å². The van der Waals surface area contributed by atoms with Crippen molar-refractivity contribution in [1.82, 2.24) is 19.8 Å². The molecule has 0 aliphatic heterocycles. The number of rotatable bonds is 7. The molecule has 0 saturated heterocycles. The Labute approximate surface area is 186 Å². The molecule has 2 aromatic carbocycles. The maximum absolute atomic E-state index is 13.6. The minimum absolute atomic E-state index is 0.148. The first-order chi connectivity index (χ1) is 15.2. The molecule has 1 heterocycles. The van der Waals surface area contributed by atoms with Gasteiger partial charge in [0, 0.05) is 18.0 Å². The molecular formula is C24H26N4O2S. The van der Waals surface area contributed by atoms with E-state index in [1.807, 2.05) is 60.7 Å². The summed E-state index contributed by atoms with van der Waals surface area (Å²) in [5.41, 5.74) is 1.99. The van der Waals surface area contributed by atoms with Crippen LogP contribution >= 0.6 is 11.5 Å². The molecule has 1 aliphatic carbocycles. The number of nitrogens with one attached hydrogen (secondary N) is 1. The Morgan fingerprint density at radius 1 is 1.00 bits per heavy atom. The van der Waals surface area contributed by atoms with Gasteiger partial charge in [-0.05, 0) is 35.5 Å². The van der Waals surface area contributed by atoms with Gasteiger partial charge in [-0.3, -0.25) is 9.59 Å². The Hall–Kier alpha value is -3.06. The predicted molar refractivity (Wildman–Crippen MR) is 120 cm³/mol. The molecule has 6 nitrogen and oxygen atoms in total. The van der Waals surface area contributed by atoms with Crippen LogP contribution in [0.3, 0.4) is 0 Å². The summed E-state index contributed by atoms with van der Waals surface area (Å²) in [6, 6.07) is 18.6. The second-order valence-electron chi connectivity index (χ2n) is 7.87. The molecule has 1 N–H and O–H groups in total. The van der Waals surface area contributed by atoms with E-state index in [0.29, 0.717) is 6.54 Å². The molecule has 1 fully saturated rings. The van der Waals surface area contributed by atoms with Gasteiger partial charge < -0.3 is 10.2 Å². The summed E-state index contributed by atoms with van der Waals surface area (Å²) in [6.07, 6.45) is 5.42. The first-order valence-corrected chi connectivity index (χ1v) is 11.5. The van der Waals surface area contributed by atoms with Crippen molar-refractivity contribution in [3.8, 4) is 0 Å². The zero-order valence-corrected chi connectivity index (χ0v) is 18.1. The van der Waals surface area contributed by atoms with Gasteiger partial charge in [0.1, 0.15) is 6.04 Å². The van der Waals surface area contributed by atoms with Crippen molar-refractivity contribution in [2.75, 3.05) is 0 Å². The van der Waals surface area contributed by atoms with Crippen molar-refractivity contribution in [1.29, 1.82) is 0 Å². The van der Waals surface area contributed by atoms with E-state index in [1.54, 1.807) is 10.3 Å². The average Bonchev–Trinajstić information content (AvgIpc) is 3.35. The minimum Gasteiger partial charge on any atom is -0.351 e. The van der Waals surface area contributed by atoms with Crippen LogP contribution in [0.4, 0.5) is 0 Å². The summed E-state index contributed by atoms with van der Waals surface area (Å²) in [5, 5.41) is 8.82. The Bertz CT molecular complexity index is 973. The van der Waals surface area contributed by atoms with Crippen LogP contribution in [0, 0.1) is 0 Å². The van der Waals surface area contributed by atoms with Crippen molar-refractivity contribution < 1.29 is 9.59 Å². The largest absolute Gasteiger partial charge is 0.351 e. The topological polar surface area (TPSA) is 75.2 Å². The molecule has 160 valence electrons. The second kappa shape index (κ2) is 10.3. The Kier molecular flexibility index (Phi) is 7.04. The van der Waals surface area contributed by atoms with Crippen LogP contribution in [0.25, 0.3) is 0 Å². The zero-order chi connectivity index (χ0) is 21.5. The van der Waals surface area contributed by atoms with Crippen molar-refractivity contribution in [3.63, 3.8) is 0 Å². The van der Waals surface area contributed by atoms with Crippen LogP contribution in [0.15, 0.2) is 66.0 Å². The third-order valence-corrected chi connectivity index (χ3v) is 6.17. The molecule has 1 saturated carbocycles. The number of hydrogen-bond donors (Lipinski definition) is 1. The quantitative estimate of drug-likeness (QED) is 0.599. The lowest BCUT2D eigenvalue weighted by Crippen LogP contribution is -2.47. The maximum atomic E-state index is 13.6. The molecule has 4 rings (SSSR count). The van der Waals surface area contributed by atoms with Crippen LogP contribution in [-0.2, 0) is 11.3 Å². The van der Waals surface area contributed by atoms with Gasteiger partial charge in [-0.2, -0.15) is 0 Å². The van der Waals surface area contributed by atoms with E-state index >= 15 is 0 Å². The molecule has 0 bridgehead atoms. The van der Waals surface area contributed by atoms with Gasteiger partial charge in [0.25, 0.3) is 5.91 Å². The third-order valence-electron chi connectivity index (χ3n) is 5.66. The lowest BCUT2D eigenvalue weighted by molar-refractivity contribution is -0.127. The highest BCUT2D eigenvalue weighted by Crippen LogP contribution is 2.27. The molecule has 1 aliphatic rings. The Morgan fingerprint density at radius 2 is 1.68 bits per heavy atom. The summed E-state index contributed by atoms with van der Waals surface area (Å²) in [4.78, 5) is 28.7. The first-order valence-electron chi connectivity index (χ1n) is 10.7. The van der Waals surface area contributed by atoms with E-state index in [1.165, 1.54) is 6.42 Å². The molecule has 0 spiro atoms. The summed E-state index contributed by atoms with van der Waals surface area (Å²) < 4.78 is 3.85. The Balaban J connectivity index is 1.69. The van der Waals surface area contributed by atoms with Gasteiger partial charge in [-0.15, -0.1) is 5.10 Å². The first kappa shape index (κ1) is 21.2. The number of carbonyl (C=O) groups is 2. The third kappa shape index (κ3) is 5.35. The van der Waals surface area contributed by atoms with E-state index < -0.39 is 6.04 Å². The van der Waals surface area contributed by atoms with Gasteiger partial charge in [0.15, 0.2) is 5.69 Å². The fourth-order valence-corrected chi connectivity index (χ4v) is 4.53. The van der Waals surface area contributed by atoms with E-state index in [0.717, 1.165) is 48.3 Å². The number of hydrogen-bond acceptors (Lipinski definition) is 5. The molecule has 2 amide bonds. The van der Waals surface area contributed by atoms with Gasteiger partial charge in [0.05, 0.1) is 0 Å². The van der Waals surface area contributed by atoms with Crippen molar-refractivity contribution in [3.05, 3.63) is 82.9 Å². The van der Waals surface area contributed by atoms with E-state index in [4.69, 9.17) is 0 Å². The fourth-order valence-electron chi connectivity index (χ4n) is 4.10. The molecule has 7 heteroatoms. The smallest absolute Gasteiger partial charge is 0.276 e. The van der Waals surface area contributed by atoms with E-state index in [9.17, 15) is 9.59 Å². The van der Waals surface area contributed by atoms with Crippen LogP contribution in [0.1, 0.15) is 59.8 Å². The molecule has 1 atom stereocenters. The predicted octanol–water partition coefficient (Wildman–Crippen LogP) is 4.37. The molecule has 0 unspecified atom stereocenters. The average molecular weight is 435 g/mol. The highest BCUT2D eigenvalue weighted by molar-refractivity contribution is 7.03. The standard InChI is InChI=1S/C24H26N4O2S/c29-23(25-20-14-8-3-9-15-20)22(19-12-6-2-7-13-19)28(16-18-10-4-1-5-11-18)24(30)21-17-31-27-26-21/h1-2,4-7,10-13,17,20,22H,3,8-9,14-16H2,(H,25,29)/t22-/m1/s1. The van der Waals surface area contributed by atoms with Gasteiger partial charge in [0.2, 0.25) is 5.91 Å². The monoisotopic (exact) mass is 434 g/mol. The lowest BCUT2D eigenvalue weighted by atomic mass is 9.94. The highest BCUT2D eigenvalue weighted by atomic mass is 32.1. The summed E-state index contributed by atoms with van der Waals surface area (Å²) >= 11 is 1.13. The highest BCUT2D eigenvalue weighted by Gasteiger charge is 2.34. The number of amides is 2. The molecule has 31 heavy (non-hydrogen) atoms. The fraction of sp³-hybridized carbons (Fsp3) is 0.333. The van der Waals surface area contributed by atoms with Crippen LogP contribution in [0.2, 0.25) is 0 Å². The number of benzene rings is 2. The van der Waals surface area contributed by atoms with Crippen LogP contribution < -0.4 is 5.32 Å². The summed E-state index contributed by atoms with van der Waals surface area (Å²) in [5.74, 6) is -0.448. The molecule has 3 aromatic rings. The molecule has 1 aromatic heterocycles. The number of carbonyl (C=O) groups excluding carboxylic acids is 2. The van der Waals surface area contributed by atoms with E-state index in [-0.39, 0.29) is 23.6 Å². The normalized spacial score (nSPS) is 15.2. The van der Waals surface area contributed by atoms with Gasteiger partial charge in [-0.1, -0.05) is 84.4 Å². The summed E-state index contributed by atoms with van der Waals surface area (Å²) in [6.45, 7) is 0.300. The van der Waals surface area contributed by atoms with E-state index in [2.05, 4.69) is 14.9 Å².